The van der Waals surface area contributed by atoms with Crippen LogP contribution in [0.3, 0.4) is 0 Å². The minimum atomic E-state index is 0.233. The molecule has 3 rings (SSSR count). The smallest absolute Gasteiger partial charge is 0.0522 e. The van der Waals surface area contributed by atoms with E-state index in [1.807, 2.05) is 10.9 Å². The number of aromatic nitrogens is 2. The molecule has 0 spiro atoms. The Bertz CT molecular complexity index is 590. The Hall–Kier alpha value is -1.09. The van der Waals surface area contributed by atoms with Crippen LogP contribution in [0.15, 0.2) is 36.7 Å². The molecular formula is C17H21BrN2. The lowest BCUT2D eigenvalue weighted by atomic mass is 9.68. The molecule has 1 heterocycles. The molecule has 0 saturated heterocycles. The molecule has 2 aromatic rings. The van der Waals surface area contributed by atoms with Crippen LogP contribution >= 0.6 is 15.9 Å². The Kier molecular flexibility index (Phi) is 3.97. The Labute approximate surface area is 129 Å². The van der Waals surface area contributed by atoms with Gasteiger partial charge in [-0.2, -0.15) is 5.10 Å². The van der Waals surface area contributed by atoms with Crippen molar-refractivity contribution in [3.05, 3.63) is 53.3 Å². The van der Waals surface area contributed by atoms with Gasteiger partial charge in [0.25, 0.3) is 0 Å². The highest BCUT2D eigenvalue weighted by molar-refractivity contribution is 9.09. The van der Waals surface area contributed by atoms with Crippen molar-refractivity contribution in [3.63, 3.8) is 0 Å². The number of hydrogen-bond acceptors (Lipinski definition) is 1. The summed E-state index contributed by atoms with van der Waals surface area (Å²) >= 11 is 3.79. The summed E-state index contributed by atoms with van der Waals surface area (Å²) in [5, 5.41) is 5.45. The minimum absolute atomic E-state index is 0.233. The molecule has 0 fully saturated rings. The standard InChI is InChI=1S/C17H21BrN2/c1-2-20-12-14(11-19-20)10-17(13-18)9-5-7-15-6-3-4-8-16(15)17/h3-4,6,8,11-12H,2,5,7,9-10,13H2,1H3. The van der Waals surface area contributed by atoms with Crippen molar-refractivity contribution < 1.29 is 0 Å². The number of rotatable bonds is 4. The SMILES string of the molecule is CCn1cc(CC2(CBr)CCCc3ccccc32)cn1. The molecule has 1 aliphatic carbocycles. The van der Waals surface area contributed by atoms with E-state index >= 15 is 0 Å². The van der Waals surface area contributed by atoms with E-state index in [4.69, 9.17) is 0 Å². The van der Waals surface area contributed by atoms with Gasteiger partial charge in [-0.15, -0.1) is 0 Å². The van der Waals surface area contributed by atoms with Gasteiger partial charge in [-0.3, -0.25) is 4.68 Å². The van der Waals surface area contributed by atoms with Gasteiger partial charge in [0, 0.05) is 23.5 Å². The molecule has 1 aliphatic rings. The predicted molar refractivity (Wildman–Crippen MR) is 86.5 cm³/mol. The van der Waals surface area contributed by atoms with E-state index in [0.29, 0.717) is 0 Å². The van der Waals surface area contributed by atoms with Crippen LogP contribution in [0.5, 0.6) is 0 Å². The van der Waals surface area contributed by atoms with Crippen LogP contribution < -0.4 is 0 Å². The minimum Gasteiger partial charge on any atom is -0.273 e. The first-order valence-electron chi connectivity index (χ1n) is 7.43. The average molecular weight is 333 g/mol. The summed E-state index contributed by atoms with van der Waals surface area (Å²) in [5.41, 5.74) is 4.65. The second-order valence-corrected chi connectivity index (χ2v) is 6.37. The monoisotopic (exact) mass is 332 g/mol. The normalized spacial score (nSPS) is 21.7. The number of aryl methyl sites for hydroxylation is 2. The van der Waals surface area contributed by atoms with Gasteiger partial charge < -0.3 is 0 Å². The summed E-state index contributed by atoms with van der Waals surface area (Å²) in [5.74, 6) is 0. The van der Waals surface area contributed by atoms with Gasteiger partial charge >= 0.3 is 0 Å². The quantitative estimate of drug-likeness (QED) is 0.770. The maximum atomic E-state index is 4.42. The van der Waals surface area contributed by atoms with Gasteiger partial charge in [0.2, 0.25) is 0 Å². The maximum absolute atomic E-state index is 4.42. The molecule has 106 valence electrons. The molecule has 0 amide bonds. The summed E-state index contributed by atoms with van der Waals surface area (Å²) in [4.78, 5) is 0. The number of nitrogens with zero attached hydrogens (tertiary/aromatic N) is 2. The molecule has 3 heteroatoms. The Morgan fingerprint density at radius 3 is 2.95 bits per heavy atom. The highest BCUT2D eigenvalue weighted by Crippen LogP contribution is 2.41. The first-order chi connectivity index (χ1) is 9.77. The molecule has 1 unspecified atom stereocenters. The third-order valence-corrected chi connectivity index (χ3v) is 5.57. The Morgan fingerprint density at radius 1 is 1.35 bits per heavy atom. The Balaban J connectivity index is 1.96. The largest absolute Gasteiger partial charge is 0.273 e. The van der Waals surface area contributed by atoms with Crippen LogP contribution in [0.2, 0.25) is 0 Å². The predicted octanol–water partition coefficient (Wildman–Crippen LogP) is 4.11. The van der Waals surface area contributed by atoms with Crippen LogP contribution in [0.1, 0.15) is 36.5 Å². The van der Waals surface area contributed by atoms with Gasteiger partial charge in [0.15, 0.2) is 0 Å². The summed E-state index contributed by atoms with van der Waals surface area (Å²) in [6.07, 6.45) is 9.07. The summed E-state index contributed by atoms with van der Waals surface area (Å²) in [6.45, 7) is 3.07. The van der Waals surface area contributed by atoms with E-state index in [0.717, 1.165) is 18.3 Å². The average Bonchev–Trinajstić information content (AvgIpc) is 2.95. The van der Waals surface area contributed by atoms with Crippen molar-refractivity contribution in [1.82, 2.24) is 9.78 Å². The fourth-order valence-electron chi connectivity index (χ4n) is 3.44. The summed E-state index contributed by atoms with van der Waals surface area (Å²) in [6, 6.07) is 8.96. The van der Waals surface area contributed by atoms with Crippen molar-refractivity contribution in [2.45, 2.75) is 44.6 Å². The lowest BCUT2D eigenvalue weighted by Crippen LogP contribution is -2.35. The molecular weight excluding hydrogens is 312 g/mol. The van der Waals surface area contributed by atoms with E-state index < -0.39 is 0 Å². The summed E-state index contributed by atoms with van der Waals surface area (Å²) in [7, 11) is 0. The first kappa shape index (κ1) is 13.9. The van der Waals surface area contributed by atoms with Crippen LogP contribution in [-0.4, -0.2) is 15.1 Å². The molecule has 0 bridgehead atoms. The van der Waals surface area contributed by atoms with Crippen molar-refractivity contribution >= 4 is 15.9 Å². The van der Waals surface area contributed by atoms with Crippen LogP contribution in [0.25, 0.3) is 0 Å². The van der Waals surface area contributed by atoms with Gasteiger partial charge in [-0.25, -0.2) is 0 Å². The fraction of sp³-hybridized carbons (Fsp3) is 0.471. The molecule has 0 radical (unpaired) electrons. The van der Waals surface area contributed by atoms with Gasteiger partial charge in [-0.05, 0) is 49.3 Å². The summed E-state index contributed by atoms with van der Waals surface area (Å²) < 4.78 is 2.02. The third-order valence-electron chi connectivity index (χ3n) is 4.50. The van der Waals surface area contributed by atoms with Crippen molar-refractivity contribution in [3.8, 4) is 0 Å². The lowest BCUT2D eigenvalue weighted by Gasteiger charge is -2.38. The second-order valence-electron chi connectivity index (χ2n) is 5.81. The zero-order valence-corrected chi connectivity index (χ0v) is 13.6. The third kappa shape index (κ3) is 2.44. The molecule has 2 nitrogen and oxygen atoms in total. The van der Waals surface area contributed by atoms with E-state index in [9.17, 15) is 0 Å². The lowest BCUT2D eigenvalue weighted by molar-refractivity contribution is 0.401. The van der Waals surface area contributed by atoms with Crippen molar-refractivity contribution in [2.75, 3.05) is 5.33 Å². The van der Waals surface area contributed by atoms with Gasteiger partial charge in [-0.1, -0.05) is 40.2 Å². The Morgan fingerprint density at radius 2 is 2.20 bits per heavy atom. The molecule has 1 atom stereocenters. The molecule has 0 N–H and O–H groups in total. The van der Waals surface area contributed by atoms with Crippen LogP contribution in [-0.2, 0) is 24.8 Å². The van der Waals surface area contributed by atoms with Crippen molar-refractivity contribution in [2.24, 2.45) is 0 Å². The number of hydrogen-bond donors (Lipinski definition) is 0. The highest BCUT2D eigenvalue weighted by Gasteiger charge is 2.35. The van der Waals surface area contributed by atoms with Gasteiger partial charge in [0.1, 0.15) is 0 Å². The van der Waals surface area contributed by atoms with E-state index in [2.05, 4.69) is 58.4 Å². The number of alkyl halides is 1. The van der Waals surface area contributed by atoms with E-state index in [1.54, 1.807) is 0 Å². The molecule has 0 aliphatic heterocycles. The fourth-order valence-corrected chi connectivity index (χ4v) is 4.22. The van der Waals surface area contributed by atoms with Crippen LogP contribution in [0, 0.1) is 0 Å². The zero-order valence-electron chi connectivity index (χ0n) is 12.0. The molecule has 1 aromatic carbocycles. The van der Waals surface area contributed by atoms with Gasteiger partial charge in [0.05, 0.1) is 6.20 Å². The topological polar surface area (TPSA) is 17.8 Å². The number of halogens is 1. The first-order valence-corrected chi connectivity index (χ1v) is 8.55. The van der Waals surface area contributed by atoms with Crippen LogP contribution in [0.4, 0.5) is 0 Å². The van der Waals surface area contributed by atoms with Crippen molar-refractivity contribution in [1.29, 1.82) is 0 Å². The molecule has 0 saturated carbocycles. The van der Waals surface area contributed by atoms with E-state index in [1.165, 1.54) is 36.0 Å². The molecule has 20 heavy (non-hydrogen) atoms. The number of benzene rings is 1. The second kappa shape index (κ2) is 5.72. The highest BCUT2D eigenvalue weighted by atomic mass is 79.9. The zero-order chi connectivity index (χ0) is 14.0. The molecule has 1 aromatic heterocycles. The van der Waals surface area contributed by atoms with E-state index in [-0.39, 0.29) is 5.41 Å². The maximum Gasteiger partial charge on any atom is 0.0522 e. The number of fused-ring (bicyclic) bond motifs is 1.